The molecule has 3 nitrogen and oxygen atoms in total. The summed E-state index contributed by atoms with van der Waals surface area (Å²) in [5.41, 5.74) is 1.50. The van der Waals surface area contributed by atoms with Crippen LogP contribution in [0.3, 0.4) is 0 Å². The Balaban J connectivity index is 2.20. The first-order valence-corrected chi connectivity index (χ1v) is 7.12. The van der Waals surface area contributed by atoms with Gasteiger partial charge >= 0.3 is 0 Å². The van der Waals surface area contributed by atoms with Crippen LogP contribution in [-0.4, -0.2) is 28.2 Å². The maximum Gasteiger partial charge on any atom is 0.255 e. The summed E-state index contributed by atoms with van der Waals surface area (Å²) in [6.45, 7) is 0.971. The van der Waals surface area contributed by atoms with Gasteiger partial charge in [-0.3, -0.25) is 9.78 Å². The second-order valence-corrected chi connectivity index (χ2v) is 5.04. The third-order valence-electron chi connectivity index (χ3n) is 2.86. The molecule has 1 aromatic heterocycles. The fourth-order valence-corrected chi connectivity index (χ4v) is 2.28. The van der Waals surface area contributed by atoms with Gasteiger partial charge in [0.05, 0.1) is 10.6 Å². The van der Waals surface area contributed by atoms with Crippen molar-refractivity contribution in [2.45, 2.75) is 6.54 Å². The monoisotopic (exact) mass is 308 g/mol. The molecule has 0 aliphatic rings. The first-order valence-electron chi connectivity index (χ1n) is 6.21. The van der Waals surface area contributed by atoms with E-state index in [1.165, 1.54) is 6.20 Å². The molecule has 1 heterocycles. The van der Waals surface area contributed by atoms with Crippen molar-refractivity contribution in [2.75, 3.05) is 12.4 Å². The largest absolute Gasteiger partial charge is 0.333 e. The number of hydrogen-bond donors (Lipinski definition) is 0. The molecule has 0 aliphatic carbocycles. The fourth-order valence-electron chi connectivity index (χ4n) is 1.88. The van der Waals surface area contributed by atoms with Gasteiger partial charge in [-0.05, 0) is 11.6 Å². The lowest BCUT2D eigenvalue weighted by Crippen LogP contribution is -2.32. The van der Waals surface area contributed by atoms with Crippen molar-refractivity contribution in [1.82, 2.24) is 9.88 Å². The molecule has 2 rings (SSSR count). The molecule has 0 N–H and O–H groups in total. The zero-order valence-electron chi connectivity index (χ0n) is 10.8. The SMILES string of the molecule is O=C(c1ccncc1Cl)N(CCCl)Cc1ccccc1. The van der Waals surface area contributed by atoms with Crippen LogP contribution < -0.4 is 0 Å². The molecule has 0 bridgehead atoms. The van der Waals surface area contributed by atoms with E-state index in [0.717, 1.165) is 5.56 Å². The topological polar surface area (TPSA) is 33.2 Å². The van der Waals surface area contributed by atoms with Crippen LogP contribution in [0.25, 0.3) is 0 Å². The first-order chi connectivity index (χ1) is 9.72. The maximum absolute atomic E-state index is 12.5. The lowest BCUT2D eigenvalue weighted by Gasteiger charge is -2.22. The molecular weight excluding hydrogens is 295 g/mol. The zero-order chi connectivity index (χ0) is 14.4. The second-order valence-electron chi connectivity index (χ2n) is 4.26. The van der Waals surface area contributed by atoms with Crippen LogP contribution in [0.4, 0.5) is 0 Å². The first kappa shape index (κ1) is 14.8. The Morgan fingerprint density at radius 2 is 1.95 bits per heavy atom. The number of alkyl halides is 1. The van der Waals surface area contributed by atoms with Gasteiger partial charge in [0.1, 0.15) is 0 Å². The Morgan fingerprint density at radius 1 is 1.20 bits per heavy atom. The number of rotatable bonds is 5. The highest BCUT2D eigenvalue weighted by Crippen LogP contribution is 2.17. The van der Waals surface area contributed by atoms with E-state index in [9.17, 15) is 4.79 Å². The van der Waals surface area contributed by atoms with Crippen LogP contribution in [0.2, 0.25) is 5.02 Å². The molecule has 1 aromatic carbocycles. The highest BCUT2D eigenvalue weighted by molar-refractivity contribution is 6.33. The van der Waals surface area contributed by atoms with Gasteiger partial charge in [0.15, 0.2) is 0 Å². The average molecular weight is 309 g/mol. The maximum atomic E-state index is 12.5. The van der Waals surface area contributed by atoms with Crippen molar-refractivity contribution in [3.05, 3.63) is 64.9 Å². The van der Waals surface area contributed by atoms with Gasteiger partial charge in [0.2, 0.25) is 0 Å². The van der Waals surface area contributed by atoms with E-state index in [4.69, 9.17) is 23.2 Å². The van der Waals surface area contributed by atoms with Gasteiger partial charge in [-0.2, -0.15) is 0 Å². The number of nitrogens with zero attached hydrogens (tertiary/aromatic N) is 2. The minimum absolute atomic E-state index is 0.137. The standard InChI is InChI=1S/C15H14Cl2N2O/c16-7-9-19(11-12-4-2-1-3-5-12)15(20)13-6-8-18-10-14(13)17/h1-6,8,10H,7,9,11H2. The van der Waals surface area contributed by atoms with Crippen LogP contribution in [0.5, 0.6) is 0 Å². The van der Waals surface area contributed by atoms with Gasteiger partial charge in [-0.25, -0.2) is 0 Å². The molecule has 0 atom stereocenters. The van der Waals surface area contributed by atoms with E-state index < -0.39 is 0 Å². The summed E-state index contributed by atoms with van der Waals surface area (Å²) in [5.74, 6) is 0.239. The smallest absolute Gasteiger partial charge is 0.255 e. The van der Waals surface area contributed by atoms with Crippen LogP contribution in [-0.2, 0) is 6.54 Å². The van der Waals surface area contributed by atoms with Crippen molar-refractivity contribution in [1.29, 1.82) is 0 Å². The number of carbonyl (C=O) groups is 1. The Labute approximate surface area is 128 Å². The highest BCUT2D eigenvalue weighted by atomic mass is 35.5. The van der Waals surface area contributed by atoms with Crippen molar-refractivity contribution < 1.29 is 4.79 Å². The van der Waals surface area contributed by atoms with Crippen molar-refractivity contribution in [3.8, 4) is 0 Å². The Morgan fingerprint density at radius 3 is 2.60 bits per heavy atom. The van der Waals surface area contributed by atoms with Crippen LogP contribution in [0, 0.1) is 0 Å². The third-order valence-corrected chi connectivity index (χ3v) is 3.33. The summed E-state index contributed by atoms with van der Waals surface area (Å²) < 4.78 is 0. The number of halogens is 2. The lowest BCUT2D eigenvalue weighted by atomic mass is 10.2. The van der Waals surface area contributed by atoms with Crippen LogP contribution >= 0.6 is 23.2 Å². The Kier molecular flexibility index (Phi) is 5.39. The van der Waals surface area contributed by atoms with Crippen molar-refractivity contribution in [2.24, 2.45) is 0 Å². The quantitative estimate of drug-likeness (QED) is 0.790. The van der Waals surface area contributed by atoms with Crippen LogP contribution in [0.1, 0.15) is 15.9 Å². The van der Waals surface area contributed by atoms with Gasteiger partial charge in [0, 0.05) is 31.4 Å². The zero-order valence-corrected chi connectivity index (χ0v) is 12.3. The summed E-state index contributed by atoms with van der Waals surface area (Å²) in [5, 5.41) is 0.352. The molecular formula is C15H14Cl2N2O. The molecule has 20 heavy (non-hydrogen) atoms. The highest BCUT2D eigenvalue weighted by Gasteiger charge is 2.18. The molecule has 0 fully saturated rings. The molecule has 2 aromatic rings. The fraction of sp³-hybridized carbons (Fsp3) is 0.200. The van der Waals surface area contributed by atoms with E-state index in [-0.39, 0.29) is 5.91 Å². The summed E-state index contributed by atoms with van der Waals surface area (Å²) in [4.78, 5) is 18.1. The van der Waals surface area contributed by atoms with Gasteiger partial charge in [-0.15, -0.1) is 11.6 Å². The number of hydrogen-bond acceptors (Lipinski definition) is 2. The molecule has 0 aliphatic heterocycles. The normalized spacial score (nSPS) is 10.3. The molecule has 0 saturated carbocycles. The molecule has 0 unspecified atom stereocenters. The number of amides is 1. The molecule has 5 heteroatoms. The van der Waals surface area contributed by atoms with E-state index in [1.54, 1.807) is 17.2 Å². The summed E-state index contributed by atoms with van der Waals surface area (Å²) >= 11 is 11.8. The average Bonchev–Trinajstić information content (AvgIpc) is 2.48. The summed E-state index contributed by atoms with van der Waals surface area (Å²) in [6, 6.07) is 11.4. The number of benzene rings is 1. The van der Waals surface area contributed by atoms with E-state index in [0.29, 0.717) is 29.6 Å². The number of aromatic nitrogens is 1. The predicted molar refractivity (Wildman–Crippen MR) is 81.1 cm³/mol. The third kappa shape index (κ3) is 3.71. The van der Waals surface area contributed by atoms with E-state index >= 15 is 0 Å². The van der Waals surface area contributed by atoms with Crippen LogP contribution in [0.15, 0.2) is 48.8 Å². The second kappa shape index (κ2) is 7.27. The van der Waals surface area contributed by atoms with Gasteiger partial charge < -0.3 is 4.90 Å². The number of carbonyl (C=O) groups excluding carboxylic acids is 1. The lowest BCUT2D eigenvalue weighted by molar-refractivity contribution is 0.0754. The van der Waals surface area contributed by atoms with Crippen molar-refractivity contribution in [3.63, 3.8) is 0 Å². The van der Waals surface area contributed by atoms with Gasteiger partial charge in [0.25, 0.3) is 5.91 Å². The van der Waals surface area contributed by atoms with E-state index in [1.807, 2.05) is 30.3 Å². The molecule has 0 radical (unpaired) electrons. The summed E-state index contributed by atoms with van der Waals surface area (Å²) in [6.07, 6.45) is 3.02. The molecule has 0 spiro atoms. The van der Waals surface area contributed by atoms with E-state index in [2.05, 4.69) is 4.98 Å². The minimum Gasteiger partial charge on any atom is -0.333 e. The predicted octanol–water partition coefficient (Wildman–Crippen LogP) is 3.62. The number of pyridine rings is 1. The Bertz CT molecular complexity index is 575. The Hall–Kier alpha value is -1.58. The summed E-state index contributed by atoms with van der Waals surface area (Å²) in [7, 11) is 0. The molecule has 0 saturated heterocycles. The van der Waals surface area contributed by atoms with Crippen molar-refractivity contribution >= 4 is 29.1 Å². The molecule has 104 valence electrons. The molecule has 1 amide bonds. The minimum atomic E-state index is -0.137. The van der Waals surface area contributed by atoms with Gasteiger partial charge in [-0.1, -0.05) is 41.9 Å².